The van der Waals surface area contributed by atoms with Crippen molar-refractivity contribution in [3.63, 3.8) is 0 Å². The molecule has 0 spiro atoms. The molecule has 5 nitrogen and oxygen atoms in total. The molecule has 5 heteroatoms. The van der Waals surface area contributed by atoms with Crippen LogP contribution in [0.2, 0.25) is 0 Å². The molecule has 0 bridgehead atoms. The summed E-state index contributed by atoms with van der Waals surface area (Å²) in [6, 6.07) is 6.86. The maximum Gasteiger partial charge on any atom is 0.307 e. The first-order valence-electron chi connectivity index (χ1n) is 7.20. The van der Waals surface area contributed by atoms with Gasteiger partial charge in [0.15, 0.2) is 6.10 Å². The van der Waals surface area contributed by atoms with Crippen LogP contribution in [0.4, 0.5) is 0 Å². The van der Waals surface area contributed by atoms with Gasteiger partial charge in [0.25, 0.3) is 5.91 Å². The van der Waals surface area contributed by atoms with Crippen molar-refractivity contribution in [2.45, 2.75) is 52.2 Å². The van der Waals surface area contributed by atoms with Crippen LogP contribution >= 0.6 is 0 Å². The molecule has 116 valence electrons. The summed E-state index contributed by atoms with van der Waals surface area (Å²) in [6.45, 7) is 5.73. The van der Waals surface area contributed by atoms with Crippen LogP contribution in [0, 0.1) is 0 Å². The molecule has 0 aromatic heterocycles. The summed E-state index contributed by atoms with van der Waals surface area (Å²) in [6.07, 6.45) is 1.34. The average molecular weight is 293 g/mol. The maximum atomic E-state index is 11.9. The van der Waals surface area contributed by atoms with Crippen molar-refractivity contribution in [2.24, 2.45) is 0 Å². The standard InChI is InChI=1S/C16H23NO4/c1-4-5-11(2)17-16(20)12(3)21-14-8-6-13(7-9-14)10-15(18)19/h6-9,11-12H,4-5,10H2,1-3H3,(H,17,20)(H,18,19). The van der Waals surface area contributed by atoms with E-state index in [0.717, 1.165) is 12.8 Å². The number of ether oxygens (including phenoxy) is 1. The Morgan fingerprint density at radius 2 is 1.86 bits per heavy atom. The SMILES string of the molecule is CCCC(C)NC(=O)C(C)Oc1ccc(CC(=O)O)cc1. The molecule has 0 aliphatic rings. The van der Waals surface area contributed by atoms with Gasteiger partial charge in [0.05, 0.1) is 6.42 Å². The first-order valence-corrected chi connectivity index (χ1v) is 7.20. The molecule has 0 heterocycles. The van der Waals surface area contributed by atoms with Crippen LogP contribution in [-0.2, 0) is 16.0 Å². The van der Waals surface area contributed by atoms with E-state index in [9.17, 15) is 9.59 Å². The lowest BCUT2D eigenvalue weighted by Gasteiger charge is -2.18. The lowest BCUT2D eigenvalue weighted by Crippen LogP contribution is -2.41. The highest BCUT2D eigenvalue weighted by atomic mass is 16.5. The zero-order valence-electron chi connectivity index (χ0n) is 12.8. The molecule has 0 saturated heterocycles. The molecule has 0 fully saturated rings. The second-order valence-corrected chi connectivity index (χ2v) is 5.17. The van der Waals surface area contributed by atoms with Gasteiger partial charge in [0.1, 0.15) is 5.75 Å². The Balaban J connectivity index is 2.52. The maximum absolute atomic E-state index is 11.9. The molecule has 2 unspecified atom stereocenters. The Morgan fingerprint density at radius 3 is 2.38 bits per heavy atom. The molecule has 2 atom stereocenters. The summed E-state index contributed by atoms with van der Waals surface area (Å²) in [5, 5.41) is 11.6. The highest BCUT2D eigenvalue weighted by Gasteiger charge is 2.16. The predicted molar refractivity (Wildman–Crippen MR) is 80.4 cm³/mol. The third kappa shape index (κ3) is 6.29. The molecule has 1 aromatic carbocycles. The third-order valence-electron chi connectivity index (χ3n) is 3.07. The number of benzene rings is 1. The predicted octanol–water partition coefficient (Wildman–Crippen LogP) is 2.39. The molecular weight excluding hydrogens is 270 g/mol. The molecule has 0 radical (unpaired) electrons. The van der Waals surface area contributed by atoms with Crippen molar-refractivity contribution in [3.8, 4) is 5.75 Å². The normalized spacial score (nSPS) is 13.3. The van der Waals surface area contributed by atoms with Gasteiger partial charge in [-0.25, -0.2) is 0 Å². The number of rotatable bonds is 8. The number of nitrogens with one attached hydrogen (secondary N) is 1. The van der Waals surface area contributed by atoms with Gasteiger partial charge in [0, 0.05) is 6.04 Å². The van der Waals surface area contributed by atoms with E-state index in [-0.39, 0.29) is 18.4 Å². The lowest BCUT2D eigenvalue weighted by molar-refractivity contribution is -0.136. The fraction of sp³-hybridized carbons (Fsp3) is 0.500. The fourth-order valence-corrected chi connectivity index (χ4v) is 1.98. The van der Waals surface area contributed by atoms with Crippen LogP contribution in [0.15, 0.2) is 24.3 Å². The number of carbonyl (C=O) groups is 2. The summed E-state index contributed by atoms with van der Waals surface area (Å²) in [5.74, 6) is -0.471. The molecule has 1 aromatic rings. The quantitative estimate of drug-likeness (QED) is 0.771. The summed E-state index contributed by atoms with van der Waals surface area (Å²) in [4.78, 5) is 22.5. The minimum absolute atomic E-state index is 0.0230. The zero-order valence-corrected chi connectivity index (χ0v) is 12.8. The largest absolute Gasteiger partial charge is 0.481 e. The van der Waals surface area contributed by atoms with Crippen LogP contribution in [0.5, 0.6) is 5.75 Å². The Hall–Kier alpha value is -2.04. The van der Waals surface area contributed by atoms with Gasteiger partial charge >= 0.3 is 5.97 Å². The highest BCUT2D eigenvalue weighted by Crippen LogP contribution is 2.14. The molecule has 0 aliphatic carbocycles. The highest BCUT2D eigenvalue weighted by molar-refractivity contribution is 5.81. The number of hydrogen-bond acceptors (Lipinski definition) is 3. The lowest BCUT2D eigenvalue weighted by atomic mass is 10.1. The van der Waals surface area contributed by atoms with Crippen LogP contribution in [-0.4, -0.2) is 29.1 Å². The van der Waals surface area contributed by atoms with Gasteiger partial charge in [0.2, 0.25) is 0 Å². The van der Waals surface area contributed by atoms with E-state index in [2.05, 4.69) is 12.2 Å². The van der Waals surface area contributed by atoms with Crippen LogP contribution in [0.3, 0.4) is 0 Å². The fourth-order valence-electron chi connectivity index (χ4n) is 1.98. The molecule has 0 saturated carbocycles. The zero-order chi connectivity index (χ0) is 15.8. The molecule has 0 aliphatic heterocycles. The Kier molecular flexibility index (Phi) is 6.72. The number of carboxylic acid groups (broad SMARTS) is 1. The number of carboxylic acids is 1. The Morgan fingerprint density at radius 1 is 1.24 bits per heavy atom. The van der Waals surface area contributed by atoms with Gasteiger partial charge in [-0.2, -0.15) is 0 Å². The smallest absolute Gasteiger partial charge is 0.307 e. The summed E-state index contributed by atoms with van der Waals surface area (Å²) in [7, 11) is 0. The van der Waals surface area contributed by atoms with Crippen LogP contribution in [0.25, 0.3) is 0 Å². The van der Waals surface area contributed by atoms with E-state index in [1.165, 1.54) is 0 Å². The second-order valence-electron chi connectivity index (χ2n) is 5.17. The van der Waals surface area contributed by atoms with Gasteiger partial charge in [-0.3, -0.25) is 9.59 Å². The number of amides is 1. The molecule has 21 heavy (non-hydrogen) atoms. The summed E-state index contributed by atoms with van der Waals surface area (Å²) >= 11 is 0. The molecule has 1 rings (SSSR count). The molecular formula is C16H23NO4. The van der Waals surface area contributed by atoms with Crippen molar-refractivity contribution in [3.05, 3.63) is 29.8 Å². The number of carbonyl (C=O) groups excluding carboxylic acids is 1. The van der Waals surface area contributed by atoms with Gasteiger partial charge in [-0.05, 0) is 38.0 Å². The van der Waals surface area contributed by atoms with E-state index in [1.54, 1.807) is 31.2 Å². The number of aliphatic carboxylic acids is 1. The topological polar surface area (TPSA) is 75.6 Å². The van der Waals surface area contributed by atoms with Gasteiger partial charge in [-0.15, -0.1) is 0 Å². The second kappa shape index (κ2) is 8.29. The first kappa shape index (κ1) is 17.0. The van der Waals surface area contributed by atoms with Gasteiger partial charge < -0.3 is 15.2 Å². The minimum atomic E-state index is -0.874. The van der Waals surface area contributed by atoms with Crippen molar-refractivity contribution >= 4 is 11.9 Å². The Labute approximate surface area is 125 Å². The molecule has 2 N–H and O–H groups in total. The minimum Gasteiger partial charge on any atom is -0.481 e. The van der Waals surface area contributed by atoms with Crippen LogP contribution < -0.4 is 10.1 Å². The first-order chi connectivity index (χ1) is 9.92. The Bertz CT molecular complexity index is 470. The van der Waals surface area contributed by atoms with Crippen molar-refractivity contribution in [1.29, 1.82) is 0 Å². The van der Waals surface area contributed by atoms with Crippen molar-refractivity contribution < 1.29 is 19.4 Å². The van der Waals surface area contributed by atoms with Crippen molar-refractivity contribution in [1.82, 2.24) is 5.32 Å². The van der Waals surface area contributed by atoms with E-state index in [1.807, 2.05) is 6.92 Å². The van der Waals surface area contributed by atoms with E-state index < -0.39 is 12.1 Å². The number of hydrogen-bond donors (Lipinski definition) is 2. The van der Waals surface area contributed by atoms with E-state index in [0.29, 0.717) is 11.3 Å². The summed E-state index contributed by atoms with van der Waals surface area (Å²) < 4.78 is 5.56. The van der Waals surface area contributed by atoms with E-state index in [4.69, 9.17) is 9.84 Å². The van der Waals surface area contributed by atoms with Gasteiger partial charge in [-0.1, -0.05) is 25.5 Å². The third-order valence-corrected chi connectivity index (χ3v) is 3.07. The summed E-state index contributed by atoms with van der Waals surface area (Å²) in [5.41, 5.74) is 0.698. The van der Waals surface area contributed by atoms with Crippen molar-refractivity contribution in [2.75, 3.05) is 0 Å². The molecule has 1 amide bonds. The average Bonchev–Trinajstić information content (AvgIpc) is 2.40. The van der Waals surface area contributed by atoms with E-state index >= 15 is 0 Å². The monoisotopic (exact) mass is 293 g/mol. The van der Waals surface area contributed by atoms with Crippen LogP contribution in [0.1, 0.15) is 39.2 Å².